The van der Waals surface area contributed by atoms with E-state index in [0.29, 0.717) is 14.4 Å². The molecule has 0 spiro atoms. The van der Waals surface area contributed by atoms with Gasteiger partial charge in [0, 0.05) is 18.0 Å². The highest BCUT2D eigenvalue weighted by atomic mass is 35.5. The van der Waals surface area contributed by atoms with Crippen LogP contribution in [-0.2, 0) is 6.42 Å². The van der Waals surface area contributed by atoms with Gasteiger partial charge in [-0.25, -0.2) is 4.98 Å². The molecule has 0 bridgehead atoms. The molecule has 19 heavy (non-hydrogen) atoms. The van der Waals surface area contributed by atoms with Crippen LogP contribution in [0.4, 0.5) is 0 Å². The first kappa shape index (κ1) is 13.4. The van der Waals surface area contributed by atoms with Crippen LogP contribution < -0.4 is 5.32 Å². The van der Waals surface area contributed by atoms with Gasteiger partial charge in [-0.15, -0.1) is 11.3 Å². The van der Waals surface area contributed by atoms with Crippen LogP contribution >= 0.6 is 34.5 Å². The van der Waals surface area contributed by atoms with Gasteiger partial charge in [0.25, 0.3) is 0 Å². The lowest BCUT2D eigenvalue weighted by Crippen LogP contribution is -2.17. The molecule has 0 saturated heterocycles. The first-order chi connectivity index (χ1) is 9.22. The van der Waals surface area contributed by atoms with Crippen LogP contribution in [0, 0.1) is 0 Å². The maximum atomic E-state index is 6.09. The van der Waals surface area contributed by atoms with Crippen LogP contribution in [-0.4, -0.2) is 17.6 Å². The van der Waals surface area contributed by atoms with Gasteiger partial charge in [0.15, 0.2) is 11.7 Å². The van der Waals surface area contributed by atoms with Crippen molar-refractivity contribution in [1.82, 2.24) is 10.3 Å². The van der Waals surface area contributed by atoms with Gasteiger partial charge in [-0.3, -0.25) is 0 Å². The molecule has 1 N–H and O–H groups in total. The van der Waals surface area contributed by atoms with Crippen molar-refractivity contribution < 1.29 is 4.42 Å². The van der Waals surface area contributed by atoms with E-state index in [0.717, 1.165) is 36.9 Å². The number of nitrogens with zero attached hydrogens (tertiary/aromatic N) is 1. The fourth-order valence-electron chi connectivity index (χ4n) is 1.89. The summed E-state index contributed by atoms with van der Waals surface area (Å²) in [6.07, 6.45) is 6.23. The molecule has 0 aliphatic heterocycles. The molecule has 1 aliphatic carbocycles. The topological polar surface area (TPSA) is 38.1 Å². The van der Waals surface area contributed by atoms with Crippen molar-refractivity contribution in [3.05, 3.63) is 26.8 Å². The molecule has 3 rings (SSSR count). The fraction of sp³-hybridized carbons (Fsp3) is 0.462. The Hall–Kier alpha value is -0.550. The number of aromatic nitrogens is 1. The second kappa shape index (κ2) is 5.83. The molecule has 6 heteroatoms. The molecule has 0 radical (unpaired) electrons. The van der Waals surface area contributed by atoms with E-state index in [1.807, 2.05) is 6.07 Å². The third-order valence-electron chi connectivity index (χ3n) is 3.05. The Morgan fingerprint density at radius 2 is 2.26 bits per heavy atom. The zero-order valence-corrected chi connectivity index (χ0v) is 12.6. The molecule has 1 aliphatic rings. The van der Waals surface area contributed by atoms with Crippen LogP contribution in [0.25, 0.3) is 11.3 Å². The standard InChI is InChI=1S/C13H14Cl2N2OS/c14-11-6-9(13(15)19-11)10-7-17-12(18-10)2-1-5-16-8-3-4-8/h6-8,16H,1-5H2. The van der Waals surface area contributed by atoms with E-state index in [1.165, 1.54) is 24.2 Å². The fourth-order valence-corrected chi connectivity index (χ4v) is 3.37. The van der Waals surface area contributed by atoms with Gasteiger partial charge in [-0.1, -0.05) is 23.2 Å². The maximum absolute atomic E-state index is 6.09. The molecule has 0 unspecified atom stereocenters. The Labute approximate surface area is 125 Å². The van der Waals surface area contributed by atoms with Gasteiger partial charge < -0.3 is 9.73 Å². The first-order valence-electron chi connectivity index (χ1n) is 6.35. The lowest BCUT2D eigenvalue weighted by atomic mass is 10.3. The van der Waals surface area contributed by atoms with Crippen molar-refractivity contribution in [2.45, 2.75) is 31.7 Å². The molecule has 102 valence electrons. The number of nitrogens with one attached hydrogen (secondary N) is 1. The minimum atomic E-state index is 0.642. The van der Waals surface area contributed by atoms with Gasteiger partial charge in [-0.05, 0) is 31.9 Å². The monoisotopic (exact) mass is 316 g/mol. The van der Waals surface area contributed by atoms with Crippen LogP contribution in [0.15, 0.2) is 16.7 Å². The third-order valence-corrected chi connectivity index (χ3v) is 4.54. The summed E-state index contributed by atoms with van der Waals surface area (Å²) >= 11 is 13.4. The van der Waals surface area contributed by atoms with E-state index in [4.69, 9.17) is 27.6 Å². The lowest BCUT2D eigenvalue weighted by molar-refractivity contribution is 0.491. The Balaban J connectivity index is 1.57. The summed E-state index contributed by atoms with van der Waals surface area (Å²) in [6, 6.07) is 2.57. The SMILES string of the molecule is Clc1cc(-c2cnc(CCCNC3CC3)o2)c(Cl)s1. The number of rotatable bonds is 6. The van der Waals surface area contributed by atoms with Gasteiger partial charge in [0.05, 0.1) is 10.5 Å². The van der Waals surface area contributed by atoms with E-state index in [-0.39, 0.29) is 0 Å². The number of aryl methyl sites for hydroxylation is 1. The first-order valence-corrected chi connectivity index (χ1v) is 7.93. The summed E-state index contributed by atoms with van der Waals surface area (Å²) in [7, 11) is 0. The van der Waals surface area contributed by atoms with Crippen molar-refractivity contribution in [2.75, 3.05) is 6.54 Å². The molecule has 0 aromatic carbocycles. The Kier molecular flexibility index (Phi) is 4.12. The summed E-state index contributed by atoms with van der Waals surface area (Å²) in [5.74, 6) is 1.45. The Morgan fingerprint density at radius 3 is 2.95 bits per heavy atom. The van der Waals surface area contributed by atoms with Crippen LogP contribution in [0.1, 0.15) is 25.2 Å². The quantitative estimate of drug-likeness (QED) is 0.803. The number of hydrogen-bond acceptors (Lipinski definition) is 4. The highest BCUT2D eigenvalue weighted by molar-refractivity contribution is 7.20. The largest absolute Gasteiger partial charge is 0.441 e. The second-order valence-corrected chi connectivity index (χ2v) is 6.97. The molecular formula is C13H14Cl2N2OS. The summed E-state index contributed by atoms with van der Waals surface area (Å²) < 4.78 is 7.01. The summed E-state index contributed by atoms with van der Waals surface area (Å²) in [4.78, 5) is 4.28. The summed E-state index contributed by atoms with van der Waals surface area (Å²) in [6.45, 7) is 1.02. The molecule has 3 nitrogen and oxygen atoms in total. The van der Waals surface area contributed by atoms with Crippen LogP contribution in [0.2, 0.25) is 8.67 Å². The highest BCUT2D eigenvalue weighted by Crippen LogP contribution is 2.38. The van der Waals surface area contributed by atoms with Gasteiger partial charge >= 0.3 is 0 Å². The zero-order chi connectivity index (χ0) is 13.2. The number of oxazole rings is 1. The predicted molar refractivity (Wildman–Crippen MR) is 79.2 cm³/mol. The van der Waals surface area contributed by atoms with Gasteiger partial charge in [-0.2, -0.15) is 0 Å². The van der Waals surface area contributed by atoms with E-state index >= 15 is 0 Å². The highest BCUT2D eigenvalue weighted by Gasteiger charge is 2.19. The minimum absolute atomic E-state index is 0.642. The summed E-state index contributed by atoms with van der Waals surface area (Å²) in [5, 5.41) is 3.47. The van der Waals surface area contributed by atoms with Crippen molar-refractivity contribution in [3.63, 3.8) is 0 Å². The maximum Gasteiger partial charge on any atom is 0.194 e. The van der Waals surface area contributed by atoms with Crippen molar-refractivity contribution in [3.8, 4) is 11.3 Å². The molecule has 0 atom stereocenters. The van der Waals surface area contributed by atoms with E-state index in [1.54, 1.807) is 6.20 Å². The molecule has 2 aromatic heterocycles. The number of hydrogen-bond donors (Lipinski definition) is 1. The van der Waals surface area contributed by atoms with E-state index < -0.39 is 0 Å². The van der Waals surface area contributed by atoms with Crippen LogP contribution in [0.3, 0.4) is 0 Å². The Morgan fingerprint density at radius 1 is 1.42 bits per heavy atom. The molecule has 1 fully saturated rings. The molecule has 2 aromatic rings. The number of thiophene rings is 1. The normalized spacial score (nSPS) is 15.1. The van der Waals surface area contributed by atoms with Crippen molar-refractivity contribution in [2.24, 2.45) is 0 Å². The van der Waals surface area contributed by atoms with Gasteiger partial charge in [0.1, 0.15) is 4.34 Å². The minimum Gasteiger partial charge on any atom is -0.441 e. The van der Waals surface area contributed by atoms with E-state index in [2.05, 4.69) is 10.3 Å². The molecule has 1 saturated carbocycles. The average molecular weight is 317 g/mol. The number of halogens is 2. The molecule has 0 amide bonds. The van der Waals surface area contributed by atoms with Crippen molar-refractivity contribution in [1.29, 1.82) is 0 Å². The smallest absolute Gasteiger partial charge is 0.194 e. The van der Waals surface area contributed by atoms with E-state index in [9.17, 15) is 0 Å². The average Bonchev–Trinajstić information content (AvgIpc) is 2.98. The van der Waals surface area contributed by atoms with Crippen molar-refractivity contribution >= 4 is 34.5 Å². The van der Waals surface area contributed by atoms with Crippen LogP contribution in [0.5, 0.6) is 0 Å². The summed E-state index contributed by atoms with van der Waals surface area (Å²) in [5.41, 5.74) is 0.825. The predicted octanol–water partition coefficient (Wildman–Crippen LogP) is 4.39. The Bertz CT molecular complexity index is 563. The third kappa shape index (κ3) is 3.51. The zero-order valence-electron chi connectivity index (χ0n) is 10.3. The van der Waals surface area contributed by atoms with Gasteiger partial charge in [0.2, 0.25) is 0 Å². The lowest BCUT2D eigenvalue weighted by Gasteiger charge is -1.99. The second-order valence-electron chi connectivity index (χ2n) is 4.69. The molecular weight excluding hydrogens is 303 g/mol. The molecule has 2 heterocycles.